The summed E-state index contributed by atoms with van der Waals surface area (Å²) in [5.41, 5.74) is 0.495. The number of ether oxygens (including phenoxy) is 1. The molecule has 7 heteroatoms. The second-order valence-electron chi connectivity index (χ2n) is 5.61. The zero-order chi connectivity index (χ0) is 17.6. The van der Waals surface area contributed by atoms with Crippen molar-refractivity contribution in [1.29, 1.82) is 0 Å². The van der Waals surface area contributed by atoms with Gasteiger partial charge in [0, 0.05) is 0 Å². The second kappa shape index (κ2) is 10.2. The zero-order valence-corrected chi connectivity index (χ0v) is 17.4. The van der Waals surface area contributed by atoms with E-state index in [1.54, 1.807) is 24.3 Å². The number of para-hydroxylation sites is 1. The molecule has 0 unspecified atom stereocenters. The van der Waals surface area contributed by atoms with Gasteiger partial charge in [-0.2, -0.15) is 8.42 Å². The topological polar surface area (TPSA) is 86.7 Å². The van der Waals surface area contributed by atoms with Crippen molar-refractivity contribution in [2.24, 2.45) is 0 Å². The quantitative estimate of drug-likeness (QED) is 0.423. The van der Waals surface area contributed by atoms with Gasteiger partial charge in [0.2, 0.25) is 0 Å². The molecule has 2 aromatic rings. The summed E-state index contributed by atoms with van der Waals surface area (Å²) in [4.78, 5) is -0.390. The first kappa shape index (κ1) is 22.0. The van der Waals surface area contributed by atoms with Crippen LogP contribution in [-0.2, 0) is 16.5 Å². The van der Waals surface area contributed by atoms with Crippen LogP contribution in [0.3, 0.4) is 0 Å². The summed E-state index contributed by atoms with van der Waals surface area (Å²) >= 11 is 0. The number of rotatable bonds is 8. The standard InChI is InChI=1S/C18H22O5S.Na/c1-2-3-4-6-9-14-12-16(24(20,21)22)13-17(19)18(14)23-15-10-7-5-8-11-15;/h5,7-8,10-13,19H,2-4,6,9H2,1H3,(H,20,21,22);/q;+1/p-1. The van der Waals surface area contributed by atoms with Crippen LogP contribution in [-0.4, -0.2) is 13.0 Å². The minimum Gasteiger partial charge on any atom is -0.870 e. The molecule has 0 saturated heterocycles. The summed E-state index contributed by atoms with van der Waals surface area (Å²) in [5, 5.41) is 12.3. The maximum Gasteiger partial charge on any atom is 1.00 e. The molecule has 0 amide bonds. The summed E-state index contributed by atoms with van der Waals surface area (Å²) in [5.74, 6) is 0.0635. The van der Waals surface area contributed by atoms with Crippen molar-refractivity contribution in [3.8, 4) is 17.2 Å². The first-order valence-electron chi connectivity index (χ1n) is 7.96. The molecule has 0 aliphatic rings. The Kier molecular flexibility index (Phi) is 8.96. The summed E-state index contributed by atoms with van der Waals surface area (Å²) in [6.45, 7) is 2.10. The molecule has 0 saturated carbocycles. The van der Waals surface area contributed by atoms with Gasteiger partial charge in [-0.15, -0.1) is 0 Å². The molecular formula is C18H21NaO5S. The largest absolute Gasteiger partial charge is 1.00 e. The number of aryl methyl sites for hydroxylation is 1. The Labute approximate surface area is 171 Å². The molecule has 0 aromatic heterocycles. The molecule has 0 atom stereocenters. The van der Waals surface area contributed by atoms with Crippen molar-refractivity contribution in [1.82, 2.24) is 0 Å². The zero-order valence-electron chi connectivity index (χ0n) is 14.6. The summed E-state index contributed by atoms with van der Waals surface area (Å²) < 4.78 is 37.6. The Morgan fingerprint density at radius 3 is 2.36 bits per heavy atom. The van der Waals surface area contributed by atoms with Gasteiger partial charge in [-0.1, -0.05) is 50.1 Å². The molecule has 0 aliphatic carbocycles. The average Bonchev–Trinajstić information content (AvgIpc) is 2.54. The monoisotopic (exact) mass is 372 g/mol. The predicted octanol–water partition coefficient (Wildman–Crippen LogP) is 0.926. The Bertz CT molecular complexity index is 776. The van der Waals surface area contributed by atoms with Crippen molar-refractivity contribution in [3.05, 3.63) is 48.0 Å². The van der Waals surface area contributed by atoms with E-state index in [0.717, 1.165) is 31.7 Å². The van der Waals surface area contributed by atoms with E-state index in [0.29, 0.717) is 17.7 Å². The minimum absolute atomic E-state index is 0. The molecule has 130 valence electrons. The Morgan fingerprint density at radius 1 is 1.08 bits per heavy atom. The van der Waals surface area contributed by atoms with Gasteiger partial charge in [0.15, 0.2) is 0 Å². The van der Waals surface area contributed by atoms with Gasteiger partial charge in [-0.05, 0) is 42.7 Å². The summed E-state index contributed by atoms with van der Waals surface area (Å²) in [6.07, 6.45) is 4.45. The van der Waals surface area contributed by atoms with E-state index in [4.69, 9.17) is 4.74 Å². The normalized spacial score (nSPS) is 11.0. The fraction of sp³-hybridized carbons (Fsp3) is 0.333. The van der Waals surface area contributed by atoms with Crippen LogP contribution in [0.15, 0.2) is 47.4 Å². The van der Waals surface area contributed by atoms with Gasteiger partial charge < -0.3 is 9.84 Å². The van der Waals surface area contributed by atoms with E-state index in [9.17, 15) is 18.1 Å². The van der Waals surface area contributed by atoms with E-state index >= 15 is 0 Å². The van der Waals surface area contributed by atoms with Crippen molar-refractivity contribution in [2.45, 2.75) is 43.9 Å². The van der Waals surface area contributed by atoms with Gasteiger partial charge in [0.25, 0.3) is 10.1 Å². The summed E-state index contributed by atoms with van der Waals surface area (Å²) in [6, 6.07) is 11.1. The van der Waals surface area contributed by atoms with E-state index in [2.05, 4.69) is 6.92 Å². The second-order valence-corrected chi connectivity index (χ2v) is 7.03. The van der Waals surface area contributed by atoms with E-state index < -0.39 is 20.8 Å². The van der Waals surface area contributed by atoms with E-state index in [-0.39, 0.29) is 35.3 Å². The van der Waals surface area contributed by atoms with Crippen molar-refractivity contribution in [2.75, 3.05) is 0 Å². The fourth-order valence-corrected chi connectivity index (χ4v) is 2.98. The number of benzene rings is 2. The van der Waals surface area contributed by atoms with Crippen LogP contribution in [0.1, 0.15) is 38.2 Å². The molecule has 1 N–H and O–H groups in total. The van der Waals surface area contributed by atoms with Crippen molar-refractivity contribution in [3.63, 3.8) is 0 Å². The Hall–Kier alpha value is -1.05. The van der Waals surface area contributed by atoms with Crippen LogP contribution >= 0.6 is 0 Å². The maximum atomic E-state index is 12.3. The minimum atomic E-state index is -4.43. The first-order chi connectivity index (χ1) is 11.4. The molecule has 2 rings (SSSR count). The third-order valence-corrected chi connectivity index (χ3v) is 4.50. The molecule has 0 bridgehead atoms. The molecule has 25 heavy (non-hydrogen) atoms. The van der Waals surface area contributed by atoms with Crippen LogP contribution in [0.5, 0.6) is 17.2 Å². The fourth-order valence-electron chi connectivity index (χ4n) is 2.43. The average molecular weight is 372 g/mol. The third kappa shape index (κ3) is 6.64. The van der Waals surface area contributed by atoms with Crippen LogP contribution < -0.4 is 39.4 Å². The molecule has 0 spiro atoms. The number of hydrogen-bond acceptors (Lipinski definition) is 4. The SMILES string of the molecule is CCCCCCc1cc(S(=O)(=O)O)cc([O-])c1Oc1ccccc1.[Na+]. The molecule has 5 nitrogen and oxygen atoms in total. The molecule has 2 aromatic carbocycles. The Morgan fingerprint density at radius 2 is 1.76 bits per heavy atom. The maximum absolute atomic E-state index is 12.3. The van der Waals surface area contributed by atoms with Gasteiger partial charge in [-0.25, -0.2) is 0 Å². The van der Waals surface area contributed by atoms with Gasteiger partial charge in [0.05, 0.1) is 4.90 Å². The van der Waals surface area contributed by atoms with Gasteiger partial charge in [0.1, 0.15) is 11.5 Å². The van der Waals surface area contributed by atoms with Crippen LogP contribution in [0, 0.1) is 0 Å². The van der Waals surface area contributed by atoms with Crippen LogP contribution in [0.2, 0.25) is 0 Å². The predicted molar refractivity (Wildman–Crippen MR) is 90.1 cm³/mol. The molecule has 0 radical (unpaired) electrons. The van der Waals surface area contributed by atoms with Gasteiger partial charge in [-0.3, -0.25) is 4.55 Å². The molecule has 0 aliphatic heterocycles. The van der Waals surface area contributed by atoms with Crippen LogP contribution in [0.4, 0.5) is 0 Å². The third-order valence-electron chi connectivity index (χ3n) is 3.67. The van der Waals surface area contributed by atoms with Crippen molar-refractivity contribution < 1.29 is 52.4 Å². The Balaban J connectivity index is 0.00000312. The molecule has 0 fully saturated rings. The van der Waals surface area contributed by atoms with Crippen LogP contribution in [0.25, 0.3) is 0 Å². The van der Waals surface area contributed by atoms with E-state index in [1.165, 1.54) is 6.07 Å². The summed E-state index contributed by atoms with van der Waals surface area (Å²) in [7, 11) is -4.43. The van der Waals surface area contributed by atoms with Crippen molar-refractivity contribution >= 4 is 10.1 Å². The molecule has 0 heterocycles. The van der Waals surface area contributed by atoms with E-state index in [1.807, 2.05) is 6.07 Å². The number of unbranched alkanes of at least 4 members (excludes halogenated alkanes) is 3. The number of hydrogen-bond donors (Lipinski definition) is 1. The smallest absolute Gasteiger partial charge is 0.870 e. The molecular weight excluding hydrogens is 351 g/mol. The first-order valence-corrected chi connectivity index (χ1v) is 9.40. The van der Waals surface area contributed by atoms with Gasteiger partial charge >= 0.3 is 29.6 Å².